The molecule has 0 aliphatic carbocycles. The lowest BCUT2D eigenvalue weighted by Crippen LogP contribution is -2.45. The van der Waals surface area contributed by atoms with Gasteiger partial charge in [0.25, 0.3) is 5.91 Å². The minimum absolute atomic E-state index is 0.00754. The van der Waals surface area contributed by atoms with E-state index in [1.54, 1.807) is 30.7 Å². The van der Waals surface area contributed by atoms with Gasteiger partial charge in [0, 0.05) is 35.8 Å². The van der Waals surface area contributed by atoms with Crippen LogP contribution >= 0.6 is 0 Å². The summed E-state index contributed by atoms with van der Waals surface area (Å²) in [6, 6.07) is 7.67. The molecule has 0 bridgehead atoms. The standard InChI is InChI=1S/C22H26N4O/c1-6-26-20-11-15(2)18(12-19(20)16(3)13-22(26,4)5)14-24-25-21(27)17-7-9-23-10-8-17/h7-14H,6H2,1-5H3,(H,25,27)/b24-14-. The number of hydrogen-bond acceptors (Lipinski definition) is 4. The van der Waals surface area contributed by atoms with Crippen molar-refractivity contribution in [1.29, 1.82) is 0 Å². The Hall–Kier alpha value is -2.95. The molecule has 1 aromatic carbocycles. The largest absolute Gasteiger partial charge is 0.363 e. The van der Waals surface area contributed by atoms with E-state index in [0.29, 0.717) is 5.56 Å². The Morgan fingerprint density at radius 2 is 1.96 bits per heavy atom. The van der Waals surface area contributed by atoms with E-state index < -0.39 is 0 Å². The molecule has 0 saturated carbocycles. The van der Waals surface area contributed by atoms with Gasteiger partial charge >= 0.3 is 0 Å². The van der Waals surface area contributed by atoms with E-state index >= 15 is 0 Å². The molecule has 0 saturated heterocycles. The van der Waals surface area contributed by atoms with Crippen molar-refractivity contribution in [3.8, 4) is 0 Å². The molecule has 1 aliphatic heterocycles. The molecule has 27 heavy (non-hydrogen) atoms. The number of fused-ring (bicyclic) bond motifs is 1. The zero-order valence-corrected chi connectivity index (χ0v) is 16.6. The summed E-state index contributed by atoms with van der Waals surface area (Å²) in [7, 11) is 0. The second kappa shape index (κ2) is 7.35. The number of amides is 1. The molecular weight excluding hydrogens is 336 g/mol. The van der Waals surface area contributed by atoms with Crippen LogP contribution < -0.4 is 10.3 Å². The quantitative estimate of drug-likeness (QED) is 0.656. The van der Waals surface area contributed by atoms with Crippen molar-refractivity contribution < 1.29 is 4.79 Å². The smallest absolute Gasteiger partial charge is 0.271 e. The lowest BCUT2D eigenvalue weighted by Gasteiger charge is -2.43. The maximum Gasteiger partial charge on any atom is 0.271 e. The Bertz CT molecular complexity index is 913. The number of rotatable bonds is 4. The first kappa shape index (κ1) is 18.8. The third-order valence-corrected chi connectivity index (χ3v) is 4.99. The minimum Gasteiger partial charge on any atom is -0.363 e. The van der Waals surface area contributed by atoms with Gasteiger partial charge in [-0.25, -0.2) is 5.43 Å². The number of hydrogen-bond donors (Lipinski definition) is 1. The highest BCUT2D eigenvalue weighted by Gasteiger charge is 2.30. The topological polar surface area (TPSA) is 57.6 Å². The lowest BCUT2D eigenvalue weighted by molar-refractivity contribution is 0.0955. The lowest BCUT2D eigenvalue weighted by atomic mass is 9.87. The highest BCUT2D eigenvalue weighted by molar-refractivity contribution is 5.95. The molecule has 1 aliphatic rings. The Morgan fingerprint density at radius 3 is 2.63 bits per heavy atom. The maximum absolute atomic E-state index is 12.1. The molecule has 1 amide bonds. The molecule has 0 unspecified atom stereocenters. The number of nitrogens with zero attached hydrogens (tertiary/aromatic N) is 3. The summed E-state index contributed by atoms with van der Waals surface area (Å²) in [5.74, 6) is -0.251. The Labute approximate surface area is 160 Å². The molecule has 2 aromatic rings. The zero-order chi connectivity index (χ0) is 19.6. The Balaban J connectivity index is 1.86. The van der Waals surface area contributed by atoms with Gasteiger partial charge in [0.15, 0.2) is 0 Å². The first-order chi connectivity index (χ1) is 12.8. The number of carbonyl (C=O) groups excluding carboxylic acids is 1. The number of aromatic nitrogens is 1. The predicted molar refractivity (Wildman–Crippen MR) is 111 cm³/mol. The fourth-order valence-corrected chi connectivity index (χ4v) is 3.69. The second-order valence-electron chi connectivity index (χ2n) is 7.39. The number of carbonyl (C=O) groups is 1. The van der Waals surface area contributed by atoms with Crippen LogP contribution in [0.3, 0.4) is 0 Å². The third kappa shape index (κ3) is 3.77. The maximum atomic E-state index is 12.1. The first-order valence-corrected chi connectivity index (χ1v) is 9.19. The molecule has 2 heterocycles. The fraction of sp³-hybridized carbons (Fsp3) is 0.318. The predicted octanol–water partition coefficient (Wildman–Crippen LogP) is 4.18. The van der Waals surface area contributed by atoms with E-state index in [-0.39, 0.29) is 11.4 Å². The van der Waals surface area contributed by atoms with Gasteiger partial charge in [-0.1, -0.05) is 6.08 Å². The third-order valence-electron chi connectivity index (χ3n) is 4.99. The average molecular weight is 362 g/mol. The van der Waals surface area contributed by atoms with Crippen LogP contribution in [0.2, 0.25) is 0 Å². The number of likely N-dealkylation sites (N-methyl/N-ethyl adjacent to an activating group) is 1. The van der Waals surface area contributed by atoms with Crippen LogP contribution in [0, 0.1) is 6.92 Å². The monoisotopic (exact) mass is 362 g/mol. The van der Waals surface area contributed by atoms with Crippen molar-refractivity contribution in [3.63, 3.8) is 0 Å². The van der Waals surface area contributed by atoms with Gasteiger partial charge in [-0.05, 0) is 75.6 Å². The zero-order valence-electron chi connectivity index (χ0n) is 16.6. The molecule has 5 nitrogen and oxygen atoms in total. The highest BCUT2D eigenvalue weighted by atomic mass is 16.2. The van der Waals surface area contributed by atoms with Crippen LogP contribution in [0.4, 0.5) is 5.69 Å². The number of pyridine rings is 1. The van der Waals surface area contributed by atoms with Crippen LogP contribution in [0.1, 0.15) is 54.7 Å². The average Bonchev–Trinajstić information content (AvgIpc) is 2.63. The van der Waals surface area contributed by atoms with Crippen LogP contribution in [-0.2, 0) is 0 Å². The van der Waals surface area contributed by atoms with Crippen molar-refractivity contribution in [2.45, 2.75) is 40.2 Å². The van der Waals surface area contributed by atoms with E-state index in [0.717, 1.165) is 17.7 Å². The molecule has 1 aromatic heterocycles. The van der Waals surface area contributed by atoms with Gasteiger partial charge in [0.2, 0.25) is 0 Å². The molecule has 0 atom stereocenters. The van der Waals surface area contributed by atoms with Gasteiger partial charge in [-0.15, -0.1) is 0 Å². The van der Waals surface area contributed by atoms with Gasteiger partial charge in [-0.2, -0.15) is 5.10 Å². The number of aryl methyl sites for hydroxylation is 1. The van der Waals surface area contributed by atoms with Gasteiger partial charge in [0.1, 0.15) is 0 Å². The summed E-state index contributed by atoms with van der Waals surface area (Å²) in [5.41, 5.74) is 8.94. The summed E-state index contributed by atoms with van der Waals surface area (Å²) in [6.07, 6.45) is 7.18. The summed E-state index contributed by atoms with van der Waals surface area (Å²) in [5, 5.41) is 4.14. The van der Waals surface area contributed by atoms with Gasteiger partial charge in [0.05, 0.1) is 11.8 Å². The summed E-state index contributed by atoms with van der Waals surface area (Å²) >= 11 is 0. The molecular formula is C22H26N4O. The summed E-state index contributed by atoms with van der Waals surface area (Å²) < 4.78 is 0. The Morgan fingerprint density at radius 1 is 1.26 bits per heavy atom. The van der Waals surface area contributed by atoms with E-state index in [1.165, 1.54) is 16.8 Å². The van der Waals surface area contributed by atoms with Crippen LogP contribution in [0.5, 0.6) is 0 Å². The van der Waals surface area contributed by atoms with Crippen LogP contribution in [0.25, 0.3) is 5.57 Å². The molecule has 0 fully saturated rings. The summed E-state index contributed by atoms with van der Waals surface area (Å²) in [6.45, 7) is 11.8. The van der Waals surface area contributed by atoms with E-state index in [2.05, 4.69) is 73.2 Å². The SMILES string of the molecule is CCN1c2cc(C)c(/C=N\NC(=O)c3ccncc3)cc2C(C)=CC1(C)C. The van der Waals surface area contributed by atoms with E-state index in [9.17, 15) is 4.79 Å². The molecule has 1 N–H and O–H groups in total. The van der Waals surface area contributed by atoms with Crippen molar-refractivity contribution in [3.05, 3.63) is 65.0 Å². The number of nitrogens with one attached hydrogen (secondary N) is 1. The van der Waals surface area contributed by atoms with Crippen LogP contribution in [-0.4, -0.2) is 29.2 Å². The first-order valence-electron chi connectivity index (χ1n) is 9.19. The van der Waals surface area contributed by atoms with E-state index in [4.69, 9.17) is 0 Å². The van der Waals surface area contributed by atoms with Gasteiger partial charge < -0.3 is 4.90 Å². The number of benzene rings is 1. The fourth-order valence-electron chi connectivity index (χ4n) is 3.69. The Kier molecular flexibility index (Phi) is 5.13. The molecule has 0 radical (unpaired) electrons. The molecule has 140 valence electrons. The number of allylic oxidation sites excluding steroid dienone is 1. The number of anilines is 1. The van der Waals surface area contributed by atoms with Crippen LogP contribution in [0.15, 0.2) is 47.8 Å². The molecule has 5 heteroatoms. The van der Waals surface area contributed by atoms with Crippen molar-refractivity contribution >= 4 is 23.4 Å². The molecule has 3 rings (SSSR count). The highest BCUT2D eigenvalue weighted by Crippen LogP contribution is 2.39. The van der Waals surface area contributed by atoms with Crippen molar-refractivity contribution in [1.82, 2.24) is 10.4 Å². The van der Waals surface area contributed by atoms with E-state index in [1.807, 2.05) is 0 Å². The number of hydrazone groups is 1. The second-order valence-corrected chi connectivity index (χ2v) is 7.39. The minimum atomic E-state index is -0.251. The van der Waals surface area contributed by atoms with Gasteiger partial charge in [-0.3, -0.25) is 9.78 Å². The molecule has 0 spiro atoms. The summed E-state index contributed by atoms with van der Waals surface area (Å²) in [4.78, 5) is 18.4. The van der Waals surface area contributed by atoms with Crippen molar-refractivity contribution in [2.24, 2.45) is 5.10 Å². The van der Waals surface area contributed by atoms with Crippen molar-refractivity contribution in [2.75, 3.05) is 11.4 Å². The normalized spacial score (nSPS) is 15.4.